The highest BCUT2D eigenvalue weighted by atomic mass is 16.5. The molecule has 2 fully saturated rings. The lowest BCUT2D eigenvalue weighted by atomic mass is 9.86. The van der Waals surface area contributed by atoms with E-state index in [4.69, 9.17) is 4.74 Å². The molecule has 0 aliphatic heterocycles. The molecule has 2 saturated carbocycles. The number of methoxy groups -OCH3 is 2. The molecule has 5 heteroatoms. The molecule has 0 radical (unpaired) electrons. The van der Waals surface area contributed by atoms with Crippen LogP contribution in [0.4, 0.5) is 4.79 Å². The van der Waals surface area contributed by atoms with Crippen LogP contribution >= 0.6 is 0 Å². The average Bonchev–Trinajstić information content (AvgIpc) is 2.97. The maximum atomic E-state index is 11.8. The van der Waals surface area contributed by atoms with Crippen LogP contribution in [0.2, 0.25) is 0 Å². The van der Waals surface area contributed by atoms with Gasteiger partial charge in [0.2, 0.25) is 0 Å². The number of esters is 1. The molecule has 2 aliphatic carbocycles. The van der Waals surface area contributed by atoms with Crippen LogP contribution in [0.15, 0.2) is 0 Å². The third-order valence-electron chi connectivity index (χ3n) is 4.48. The van der Waals surface area contributed by atoms with Crippen LogP contribution in [0.1, 0.15) is 32.1 Å². The van der Waals surface area contributed by atoms with Crippen molar-refractivity contribution in [3.05, 3.63) is 0 Å². The maximum Gasteiger partial charge on any atom is 0.407 e. The van der Waals surface area contributed by atoms with Crippen molar-refractivity contribution in [2.24, 2.45) is 17.8 Å². The number of rotatable bonds is 3. The van der Waals surface area contributed by atoms with Crippen molar-refractivity contribution in [2.75, 3.05) is 14.2 Å². The van der Waals surface area contributed by atoms with E-state index in [-0.39, 0.29) is 11.9 Å². The van der Waals surface area contributed by atoms with Gasteiger partial charge in [0.05, 0.1) is 14.2 Å². The summed E-state index contributed by atoms with van der Waals surface area (Å²) in [6, 6.07) is -0.560. The van der Waals surface area contributed by atoms with Gasteiger partial charge in [0.15, 0.2) is 0 Å². The molecule has 0 saturated heterocycles. The van der Waals surface area contributed by atoms with Crippen molar-refractivity contribution >= 4 is 12.1 Å². The van der Waals surface area contributed by atoms with Crippen LogP contribution in [0.25, 0.3) is 0 Å². The lowest BCUT2D eigenvalue weighted by Gasteiger charge is -2.26. The second kappa shape index (κ2) is 5.59. The van der Waals surface area contributed by atoms with E-state index >= 15 is 0 Å². The highest BCUT2D eigenvalue weighted by molar-refractivity contribution is 5.81. The van der Waals surface area contributed by atoms with Crippen molar-refractivity contribution in [2.45, 2.75) is 38.1 Å². The molecular weight excluding hydrogens is 234 g/mol. The summed E-state index contributed by atoms with van der Waals surface area (Å²) in [5.41, 5.74) is 0. The van der Waals surface area contributed by atoms with Crippen molar-refractivity contribution in [3.63, 3.8) is 0 Å². The Balaban J connectivity index is 2.08. The van der Waals surface area contributed by atoms with Gasteiger partial charge in [0.25, 0.3) is 0 Å². The van der Waals surface area contributed by atoms with Crippen molar-refractivity contribution in [3.8, 4) is 0 Å². The fourth-order valence-electron chi connectivity index (χ4n) is 3.68. The summed E-state index contributed by atoms with van der Waals surface area (Å²) in [6.07, 6.45) is 5.23. The number of carbonyl (C=O) groups excluding carboxylic acids is 2. The molecule has 102 valence electrons. The number of alkyl carbamates (subject to hydrolysis) is 1. The number of fused-ring (bicyclic) bond motifs is 1. The van der Waals surface area contributed by atoms with Gasteiger partial charge >= 0.3 is 12.1 Å². The fraction of sp³-hybridized carbons (Fsp3) is 0.846. The fourth-order valence-corrected chi connectivity index (χ4v) is 3.68. The zero-order chi connectivity index (χ0) is 13.1. The van der Waals surface area contributed by atoms with Crippen LogP contribution in [-0.2, 0) is 14.3 Å². The Morgan fingerprint density at radius 1 is 1.11 bits per heavy atom. The Labute approximate surface area is 107 Å². The van der Waals surface area contributed by atoms with Crippen LogP contribution in [0, 0.1) is 17.8 Å². The number of carbonyl (C=O) groups is 2. The quantitative estimate of drug-likeness (QED) is 0.780. The molecule has 0 aromatic heterocycles. The Bertz CT molecular complexity index is 331. The number of ether oxygens (including phenoxy) is 2. The summed E-state index contributed by atoms with van der Waals surface area (Å²) >= 11 is 0. The monoisotopic (exact) mass is 255 g/mol. The number of hydrogen-bond donors (Lipinski definition) is 1. The molecule has 0 heterocycles. The molecule has 2 rings (SSSR count). The van der Waals surface area contributed by atoms with E-state index in [0.717, 1.165) is 25.2 Å². The summed E-state index contributed by atoms with van der Waals surface area (Å²) in [4.78, 5) is 23.2. The maximum absolute atomic E-state index is 11.8. The van der Waals surface area contributed by atoms with Crippen molar-refractivity contribution in [1.82, 2.24) is 5.32 Å². The minimum Gasteiger partial charge on any atom is -0.467 e. The summed E-state index contributed by atoms with van der Waals surface area (Å²) in [5.74, 6) is 1.11. The van der Waals surface area contributed by atoms with E-state index in [2.05, 4.69) is 10.1 Å². The Hall–Kier alpha value is -1.26. The van der Waals surface area contributed by atoms with Crippen molar-refractivity contribution in [1.29, 1.82) is 0 Å². The Kier molecular flexibility index (Phi) is 4.09. The molecule has 18 heavy (non-hydrogen) atoms. The van der Waals surface area contributed by atoms with Gasteiger partial charge < -0.3 is 14.8 Å². The van der Waals surface area contributed by atoms with Crippen LogP contribution in [0.3, 0.4) is 0 Å². The van der Waals surface area contributed by atoms with Gasteiger partial charge in [-0.15, -0.1) is 0 Å². The van der Waals surface area contributed by atoms with E-state index in [9.17, 15) is 9.59 Å². The number of hydrogen-bond acceptors (Lipinski definition) is 4. The number of amides is 1. The lowest BCUT2D eigenvalue weighted by Crippen LogP contribution is -2.47. The normalized spacial score (nSPS) is 31.6. The number of nitrogens with one attached hydrogen (secondary N) is 1. The lowest BCUT2D eigenvalue weighted by molar-refractivity contribution is -0.145. The summed E-state index contributed by atoms with van der Waals surface area (Å²) in [6.45, 7) is 0. The molecule has 1 amide bonds. The molecule has 0 aromatic rings. The molecule has 0 bridgehead atoms. The third kappa shape index (κ3) is 2.44. The van der Waals surface area contributed by atoms with Crippen molar-refractivity contribution < 1.29 is 19.1 Å². The molecule has 0 aromatic carbocycles. The third-order valence-corrected chi connectivity index (χ3v) is 4.48. The van der Waals surface area contributed by atoms with Crippen LogP contribution in [-0.4, -0.2) is 32.3 Å². The van der Waals surface area contributed by atoms with E-state index in [0.29, 0.717) is 5.92 Å². The van der Waals surface area contributed by atoms with Gasteiger partial charge in [-0.3, -0.25) is 0 Å². The van der Waals surface area contributed by atoms with Crippen LogP contribution in [0.5, 0.6) is 0 Å². The predicted molar refractivity (Wildman–Crippen MR) is 64.9 cm³/mol. The molecule has 4 atom stereocenters. The van der Waals surface area contributed by atoms with Gasteiger partial charge in [-0.1, -0.05) is 12.8 Å². The highest BCUT2D eigenvalue weighted by Gasteiger charge is 2.45. The van der Waals surface area contributed by atoms with Gasteiger partial charge in [0, 0.05) is 0 Å². The summed E-state index contributed by atoms with van der Waals surface area (Å²) < 4.78 is 9.40. The van der Waals surface area contributed by atoms with E-state index in [1.165, 1.54) is 27.1 Å². The molecule has 1 unspecified atom stereocenters. The van der Waals surface area contributed by atoms with Gasteiger partial charge in [-0.2, -0.15) is 0 Å². The van der Waals surface area contributed by atoms with E-state index in [1.54, 1.807) is 0 Å². The first-order chi connectivity index (χ1) is 8.67. The molecule has 0 spiro atoms. The first-order valence-electron chi connectivity index (χ1n) is 6.59. The first kappa shape index (κ1) is 13.2. The largest absolute Gasteiger partial charge is 0.467 e. The Morgan fingerprint density at radius 2 is 1.89 bits per heavy atom. The average molecular weight is 255 g/mol. The zero-order valence-electron chi connectivity index (χ0n) is 11.0. The van der Waals surface area contributed by atoms with Gasteiger partial charge in [0.1, 0.15) is 6.04 Å². The first-order valence-corrected chi connectivity index (χ1v) is 6.59. The summed E-state index contributed by atoms with van der Waals surface area (Å²) in [5, 5.41) is 2.64. The highest BCUT2D eigenvalue weighted by Crippen LogP contribution is 2.48. The predicted octanol–water partition coefficient (Wildman–Crippen LogP) is 1.71. The SMILES string of the molecule is COC(=O)NC(C(=O)OC)[C@@H]1CC[C@H]2CCC[C@H]21. The second-order valence-corrected chi connectivity index (χ2v) is 5.23. The zero-order valence-corrected chi connectivity index (χ0v) is 11.0. The molecule has 2 aliphatic rings. The van der Waals surface area contributed by atoms with Crippen LogP contribution < -0.4 is 5.32 Å². The Morgan fingerprint density at radius 3 is 2.56 bits per heavy atom. The van der Waals surface area contributed by atoms with Gasteiger partial charge in [-0.25, -0.2) is 9.59 Å². The van der Waals surface area contributed by atoms with E-state index < -0.39 is 12.1 Å². The minimum absolute atomic E-state index is 0.198. The minimum atomic E-state index is -0.563. The standard InChI is InChI=1S/C13H21NO4/c1-17-12(15)11(14-13(16)18-2)10-7-6-8-4-3-5-9(8)10/h8-11H,3-7H2,1-2H3,(H,14,16)/t8-,9-,10-,11?/m1/s1. The van der Waals surface area contributed by atoms with E-state index in [1.807, 2.05) is 0 Å². The topological polar surface area (TPSA) is 64.6 Å². The molecule has 1 N–H and O–H groups in total. The smallest absolute Gasteiger partial charge is 0.407 e. The second-order valence-electron chi connectivity index (χ2n) is 5.23. The molecule has 5 nitrogen and oxygen atoms in total. The van der Waals surface area contributed by atoms with Gasteiger partial charge in [-0.05, 0) is 37.0 Å². The summed E-state index contributed by atoms with van der Waals surface area (Å²) in [7, 11) is 2.66. The molecular formula is C13H21NO4.